The highest BCUT2D eigenvalue weighted by molar-refractivity contribution is 8.00. The van der Waals surface area contributed by atoms with Gasteiger partial charge in [0.1, 0.15) is 12.1 Å². The van der Waals surface area contributed by atoms with E-state index < -0.39 is 47.9 Å². The minimum atomic E-state index is -1.17. The van der Waals surface area contributed by atoms with Crippen molar-refractivity contribution in [2.45, 2.75) is 49.9 Å². The van der Waals surface area contributed by atoms with Crippen molar-refractivity contribution in [3.63, 3.8) is 0 Å². The van der Waals surface area contributed by atoms with E-state index in [1.54, 1.807) is 6.26 Å². The van der Waals surface area contributed by atoms with Gasteiger partial charge in [0.05, 0.1) is 17.3 Å². The average Bonchev–Trinajstić information content (AvgIpc) is 3.42. The smallest absolute Gasteiger partial charge is 0.326 e. The van der Waals surface area contributed by atoms with Gasteiger partial charge in [-0.1, -0.05) is 0 Å². The molecule has 35 heavy (non-hydrogen) atoms. The van der Waals surface area contributed by atoms with Crippen LogP contribution in [0, 0.1) is 5.92 Å². The molecule has 0 aromatic rings. The standard InChI is InChI=1S/C21H30N4O8S2/c1-34-8-16(26)22-12-4-14(20(30)31)24(6-12)17(27)9-35-10-18(28)25-7-13(5-15(25)21(32)33)23-19(29)11-2-3-11/h11-15H,2-10H2,1H3,(H,22,26)(H,23,29)(H,30,31)(H,32,33)/t12-,13-,14-,15-/m0/s1. The number of rotatable bonds is 11. The minimum Gasteiger partial charge on any atom is -0.480 e. The monoisotopic (exact) mass is 530 g/mol. The Morgan fingerprint density at radius 3 is 1.71 bits per heavy atom. The van der Waals surface area contributed by atoms with Gasteiger partial charge >= 0.3 is 11.9 Å². The lowest BCUT2D eigenvalue weighted by molar-refractivity contribution is -0.147. The number of carboxylic acid groups (broad SMARTS) is 2. The quantitative estimate of drug-likeness (QED) is 0.255. The molecule has 0 spiro atoms. The van der Waals surface area contributed by atoms with E-state index in [9.17, 15) is 39.0 Å². The van der Waals surface area contributed by atoms with Crippen molar-refractivity contribution < 1.29 is 39.0 Å². The van der Waals surface area contributed by atoms with Crippen LogP contribution >= 0.6 is 23.5 Å². The molecule has 12 nitrogen and oxygen atoms in total. The summed E-state index contributed by atoms with van der Waals surface area (Å²) in [4.78, 5) is 74.9. The topological polar surface area (TPSA) is 173 Å². The predicted molar refractivity (Wildman–Crippen MR) is 128 cm³/mol. The van der Waals surface area contributed by atoms with Gasteiger partial charge in [0, 0.05) is 43.9 Å². The van der Waals surface area contributed by atoms with E-state index in [0.29, 0.717) is 0 Å². The Morgan fingerprint density at radius 2 is 1.29 bits per heavy atom. The number of carbonyl (C=O) groups is 6. The second-order valence-electron chi connectivity index (χ2n) is 8.94. The first-order valence-corrected chi connectivity index (χ1v) is 13.9. The van der Waals surface area contributed by atoms with Crippen LogP contribution in [-0.2, 0) is 28.8 Å². The fraction of sp³-hybridized carbons (Fsp3) is 0.714. The van der Waals surface area contributed by atoms with E-state index in [2.05, 4.69) is 10.6 Å². The molecule has 2 aliphatic heterocycles. The van der Waals surface area contributed by atoms with Crippen molar-refractivity contribution in [3.8, 4) is 0 Å². The fourth-order valence-corrected chi connectivity index (χ4v) is 5.49. The van der Waals surface area contributed by atoms with Gasteiger partial charge in [-0.2, -0.15) is 11.8 Å². The molecule has 2 heterocycles. The lowest BCUT2D eigenvalue weighted by atomic mass is 10.1. The summed E-state index contributed by atoms with van der Waals surface area (Å²) in [5.41, 5.74) is 0. The van der Waals surface area contributed by atoms with Gasteiger partial charge in [-0.3, -0.25) is 19.2 Å². The van der Waals surface area contributed by atoms with Crippen molar-refractivity contribution >= 4 is 59.1 Å². The molecule has 0 aromatic heterocycles. The number of carboxylic acids is 2. The molecule has 1 aliphatic carbocycles. The highest BCUT2D eigenvalue weighted by Crippen LogP contribution is 2.30. The zero-order valence-corrected chi connectivity index (χ0v) is 20.9. The van der Waals surface area contributed by atoms with Crippen molar-refractivity contribution in [3.05, 3.63) is 0 Å². The summed E-state index contributed by atoms with van der Waals surface area (Å²) in [5.74, 6) is -3.70. The molecule has 0 unspecified atom stereocenters. The average molecular weight is 531 g/mol. The summed E-state index contributed by atoms with van der Waals surface area (Å²) in [7, 11) is 0. The first kappa shape index (κ1) is 27.1. The fourth-order valence-electron chi connectivity index (χ4n) is 4.36. The number of thioether (sulfide) groups is 2. The summed E-state index contributed by atoms with van der Waals surface area (Å²) in [6.07, 6.45) is 3.64. The van der Waals surface area contributed by atoms with E-state index in [1.807, 2.05) is 0 Å². The van der Waals surface area contributed by atoms with E-state index >= 15 is 0 Å². The molecule has 0 bridgehead atoms. The molecule has 14 heteroatoms. The van der Waals surface area contributed by atoms with Crippen LogP contribution in [0.4, 0.5) is 0 Å². The van der Waals surface area contributed by atoms with Crippen molar-refractivity contribution in [1.29, 1.82) is 0 Å². The van der Waals surface area contributed by atoms with Crippen LogP contribution in [0.3, 0.4) is 0 Å². The van der Waals surface area contributed by atoms with Gasteiger partial charge < -0.3 is 30.6 Å². The summed E-state index contributed by atoms with van der Waals surface area (Å²) in [5, 5.41) is 24.5. The van der Waals surface area contributed by atoms with Crippen LogP contribution in [0.1, 0.15) is 25.7 Å². The Hall–Kier alpha value is -2.48. The van der Waals surface area contributed by atoms with Crippen molar-refractivity contribution in [2.24, 2.45) is 5.92 Å². The number of nitrogens with zero attached hydrogens (tertiary/aromatic N) is 2. The Morgan fingerprint density at radius 1 is 0.800 bits per heavy atom. The lowest BCUT2D eigenvalue weighted by Gasteiger charge is -2.23. The molecule has 4 amide bonds. The zero-order chi connectivity index (χ0) is 25.7. The van der Waals surface area contributed by atoms with Crippen LogP contribution in [0.25, 0.3) is 0 Å². The first-order valence-electron chi connectivity index (χ1n) is 11.3. The molecule has 4 atom stereocenters. The number of likely N-dealkylation sites (tertiary alicyclic amines) is 2. The van der Waals surface area contributed by atoms with Gasteiger partial charge in [0.2, 0.25) is 23.6 Å². The van der Waals surface area contributed by atoms with Crippen molar-refractivity contribution in [1.82, 2.24) is 20.4 Å². The maximum atomic E-state index is 12.7. The number of nitrogens with one attached hydrogen (secondary N) is 2. The van der Waals surface area contributed by atoms with Gasteiger partial charge in [-0.15, -0.1) is 11.8 Å². The van der Waals surface area contributed by atoms with Crippen molar-refractivity contribution in [2.75, 3.05) is 36.6 Å². The van der Waals surface area contributed by atoms with Crippen LogP contribution in [0.5, 0.6) is 0 Å². The highest BCUT2D eigenvalue weighted by atomic mass is 32.2. The Labute approximate surface area is 210 Å². The number of hydrogen-bond acceptors (Lipinski definition) is 8. The maximum absolute atomic E-state index is 12.7. The van der Waals surface area contributed by atoms with Crippen LogP contribution in [0.2, 0.25) is 0 Å². The van der Waals surface area contributed by atoms with E-state index in [-0.39, 0.29) is 60.9 Å². The molecular formula is C21H30N4O8S2. The zero-order valence-electron chi connectivity index (χ0n) is 19.3. The molecule has 1 saturated carbocycles. The van der Waals surface area contributed by atoms with Gasteiger partial charge in [-0.05, 0) is 19.1 Å². The van der Waals surface area contributed by atoms with E-state index in [4.69, 9.17) is 0 Å². The molecule has 194 valence electrons. The highest BCUT2D eigenvalue weighted by Gasteiger charge is 2.42. The first-order chi connectivity index (χ1) is 16.6. The molecule has 3 aliphatic rings. The number of carbonyl (C=O) groups excluding carboxylic acids is 4. The molecule has 3 fully saturated rings. The van der Waals surface area contributed by atoms with E-state index in [1.165, 1.54) is 21.6 Å². The Bertz CT molecular complexity index is 883. The summed E-state index contributed by atoms with van der Waals surface area (Å²) in [6, 6.07) is -3.01. The number of hydrogen-bond donors (Lipinski definition) is 4. The summed E-state index contributed by atoms with van der Waals surface area (Å²) < 4.78 is 0. The maximum Gasteiger partial charge on any atom is 0.326 e. The number of amides is 4. The molecule has 0 radical (unpaired) electrons. The third-order valence-electron chi connectivity index (χ3n) is 6.20. The third kappa shape index (κ3) is 7.26. The summed E-state index contributed by atoms with van der Waals surface area (Å²) in [6.45, 7) is 0.160. The number of aliphatic carboxylic acids is 2. The predicted octanol–water partition coefficient (Wildman–Crippen LogP) is -1.17. The second kappa shape index (κ2) is 12.0. The Balaban J connectivity index is 1.49. The van der Waals surface area contributed by atoms with Crippen LogP contribution in [0.15, 0.2) is 0 Å². The summed E-state index contributed by atoms with van der Waals surface area (Å²) >= 11 is 2.31. The molecular weight excluding hydrogens is 500 g/mol. The second-order valence-corrected chi connectivity index (χ2v) is 10.8. The van der Waals surface area contributed by atoms with Crippen LogP contribution in [-0.4, -0.2) is 116 Å². The normalized spacial score (nSPS) is 25.9. The minimum absolute atomic E-state index is 0.0248. The Kier molecular flexibility index (Phi) is 9.27. The van der Waals surface area contributed by atoms with Crippen LogP contribution < -0.4 is 10.6 Å². The van der Waals surface area contributed by atoms with Gasteiger partial charge in [0.15, 0.2) is 0 Å². The molecule has 3 rings (SSSR count). The third-order valence-corrected chi connectivity index (χ3v) is 7.65. The van der Waals surface area contributed by atoms with Gasteiger partial charge in [-0.25, -0.2) is 9.59 Å². The lowest BCUT2D eigenvalue weighted by Crippen LogP contribution is -2.44. The molecule has 0 aromatic carbocycles. The molecule has 4 N–H and O–H groups in total. The SMILES string of the molecule is CSCC(=O)N[C@H]1C[C@@H](C(=O)O)N(C(=O)CSCC(=O)N2C[C@@H](NC(=O)C3CC3)C[C@H]2C(=O)O)C1. The van der Waals surface area contributed by atoms with Gasteiger partial charge in [0.25, 0.3) is 0 Å². The largest absolute Gasteiger partial charge is 0.480 e. The van der Waals surface area contributed by atoms with E-state index in [0.717, 1.165) is 24.6 Å². The molecule has 2 saturated heterocycles.